The van der Waals surface area contributed by atoms with Crippen molar-refractivity contribution in [3.63, 3.8) is 0 Å². The number of amides is 2. The zero-order chi connectivity index (χ0) is 31.1. The lowest BCUT2D eigenvalue weighted by atomic mass is 9.72. The molecule has 42 heavy (non-hydrogen) atoms. The van der Waals surface area contributed by atoms with E-state index in [1.807, 2.05) is 0 Å². The fraction of sp³-hybridized carbons (Fsp3) is 0.958. The third-order valence-corrected chi connectivity index (χ3v) is 8.02. The smallest absolute Gasteiger partial charge is 0.341 e. The van der Waals surface area contributed by atoms with E-state index in [2.05, 4.69) is 10.6 Å². The van der Waals surface area contributed by atoms with E-state index >= 15 is 0 Å². The Morgan fingerprint density at radius 2 is 1.67 bits per heavy atom. The minimum absolute atomic E-state index is 0.0402. The van der Waals surface area contributed by atoms with Crippen molar-refractivity contribution in [2.45, 2.75) is 98.7 Å². The van der Waals surface area contributed by atoms with Crippen LogP contribution in [-0.2, 0) is 14.2 Å². The highest BCUT2D eigenvalue weighted by molar-refractivity contribution is 5.73. The van der Waals surface area contributed by atoms with Crippen LogP contribution in [-0.4, -0.2) is 176 Å². The van der Waals surface area contributed by atoms with Crippen LogP contribution in [0.15, 0.2) is 0 Å². The third kappa shape index (κ3) is 8.23. The van der Waals surface area contributed by atoms with Gasteiger partial charge in [-0.3, -0.25) is 5.21 Å². The van der Waals surface area contributed by atoms with Gasteiger partial charge in [-0.25, -0.2) is 9.86 Å². The number of ether oxygens (including phenoxy) is 3. The second kappa shape index (κ2) is 16.1. The van der Waals surface area contributed by atoms with E-state index in [9.17, 15) is 45.7 Å². The normalized spacial score (nSPS) is 42.7. The molecule has 0 aromatic carbocycles. The molecular weight excluding hydrogens is 566 g/mol. The standard InChI is InChI=1S/C24H47N5O13/c25-2-4-29(39)24(38)28-11-6-10(26)16(18(35)21(11)42-23-13(33)7-12(32)15(9-31)41-23)22-20(37)19(36)17(34)14(40-22)8-27-3-1-5-30/h10-23,27,30-37,39H,1-9,25-26H2,(H,28,38)/t10-,11+,12-,13+,14+,15+,16?,17+,18-,19-,20+,21-,22+,23+/m0/s1. The largest absolute Gasteiger partial charge is 0.396 e. The number of aliphatic hydroxyl groups is 8. The summed E-state index contributed by atoms with van der Waals surface area (Å²) in [6.07, 6.45) is -15.3. The molecule has 15 N–H and O–H groups in total. The Bertz CT molecular complexity index is 836. The van der Waals surface area contributed by atoms with Crippen LogP contribution in [0.2, 0.25) is 0 Å². The van der Waals surface area contributed by atoms with Crippen LogP contribution in [0.25, 0.3) is 0 Å². The summed E-state index contributed by atoms with van der Waals surface area (Å²) < 4.78 is 17.4. The van der Waals surface area contributed by atoms with E-state index in [0.717, 1.165) is 0 Å². The van der Waals surface area contributed by atoms with Gasteiger partial charge in [-0.1, -0.05) is 0 Å². The van der Waals surface area contributed by atoms with E-state index in [4.69, 9.17) is 30.8 Å². The Labute approximate surface area is 242 Å². The lowest BCUT2D eigenvalue weighted by Gasteiger charge is -2.51. The minimum Gasteiger partial charge on any atom is -0.396 e. The molecule has 0 radical (unpaired) electrons. The van der Waals surface area contributed by atoms with Gasteiger partial charge in [0.2, 0.25) is 0 Å². The summed E-state index contributed by atoms with van der Waals surface area (Å²) in [6, 6.07) is -3.05. The van der Waals surface area contributed by atoms with Crippen molar-refractivity contribution in [2.24, 2.45) is 17.4 Å². The molecule has 0 spiro atoms. The number of carbonyl (C=O) groups excluding carboxylic acids is 1. The van der Waals surface area contributed by atoms with Gasteiger partial charge in [0.1, 0.15) is 36.6 Å². The lowest BCUT2D eigenvalue weighted by molar-refractivity contribution is -0.306. The first-order chi connectivity index (χ1) is 19.9. The molecule has 2 aliphatic heterocycles. The predicted octanol–water partition coefficient (Wildman–Crippen LogP) is -6.54. The molecule has 3 rings (SSSR count). The van der Waals surface area contributed by atoms with Crippen LogP contribution in [0.5, 0.6) is 0 Å². The summed E-state index contributed by atoms with van der Waals surface area (Å²) in [5.41, 5.74) is 11.8. The first-order valence-electron chi connectivity index (χ1n) is 14.1. The van der Waals surface area contributed by atoms with Gasteiger partial charge >= 0.3 is 6.03 Å². The Morgan fingerprint density at radius 3 is 2.31 bits per heavy atom. The van der Waals surface area contributed by atoms with Gasteiger partial charge in [0.15, 0.2) is 6.29 Å². The van der Waals surface area contributed by atoms with Crippen molar-refractivity contribution in [1.29, 1.82) is 0 Å². The highest BCUT2D eigenvalue weighted by atomic mass is 16.7. The van der Waals surface area contributed by atoms with E-state index < -0.39 is 98.0 Å². The molecule has 2 heterocycles. The van der Waals surface area contributed by atoms with Crippen LogP contribution in [0.3, 0.4) is 0 Å². The molecule has 14 atom stereocenters. The molecule has 1 saturated carbocycles. The maximum Gasteiger partial charge on any atom is 0.341 e. The number of nitrogens with zero attached hydrogens (tertiary/aromatic N) is 1. The number of aliphatic hydroxyl groups excluding tert-OH is 8. The molecule has 2 amide bonds. The Balaban J connectivity index is 1.86. The summed E-state index contributed by atoms with van der Waals surface area (Å²) >= 11 is 0. The second-order valence-electron chi connectivity index (χ2n) is 11.0. The zero-order valence-corrected chi connectivity index (χ0v) is 23.2. The minimum atomic E-state index is -1.69. The quantitative estimate of drug-likeness (QED) is 0.0553. The molecule has 2 saturated heterocycles. The van der Waals surface area contributed by atoms with Gasteiger partial charge < -0.3 is 77.2 Å². The molecule has 3 aliphatic rings. The maximum atomic E-state index is 12.6. The first-order valence-corrected chi connectivity index (χ1v) is 14.1. The predicted molar refractivity (Wildman–Crippen MR) is 140 cm³/mol. The van der Waals surface area contributed by atoms with Crippen molar-refractivity contribution in [3.8, 4) is 0 Å². The molecule has 18 nitrogen and oxygen atoms in total. The topological polar surface area (TPSA) is 306 Å². The summed E-state index contributed by atoms with van der Waals surface area (Å²) in [5.74, 6) is -1.14. The monoisotopic (exact) mass is 613 g/mol. The molecule has 0 bridgehead atoms. The number of nitrogens with two attached hydrogens (primary N) is 2. The molecule has 0 aromatic rings. The summed E-state index contributed by atoms with van der Waals surface area (Å²) in [7, 11) is 0. The Morgan fingerprint density at radius 1 is 0.952 bits per heavy atom. The highest BCUT2D eigenvalue weighted by Crippen LogP contribution is 2.37. The van der Waals surface area contributed by atoms with Crippen LogP contribution < -0.4 is 22.1 Å². The number of hydrogen-bond acceptors (Lipinski definition) is 16. The lowest BCUT2D eigenvalue weighted by Crippen LogP contribution is -2.70. The van der Waals surface area contributed by atoms with E-state index in [1.54, 1.807) is 0 Å². The molecule has 246 valence electrons. The van der Waals surface area contributed by atoms with Gasteiger partial charge in [0.25, 0.3) is 0 Å². The third-order valence-electron chi connectivity index (χ3n) is 8.02. The number of nitrogens with one attached hydrogen (secondary N) is 2. The van der Waals surface area contributed by atoms with Crippen molar-refractivity contribution >= 4 is 6.03 Å². The van der Waals surface area contributed by atoms with Crippen LogP contribution in [0, 0.1) is 5.92 Å². The van der Waals surface area contributed by atoms with E-state index in [-0.39, 0.29) is 39.1 Å². The number of carbonyl (C=O) groups is 1. The van der Waals surface area contributed by atoms with Crippen molar-refractivity contribution in [3.05, 3.63) is 0 Å². The number of urea groups is 1. The maximum absolute atomic E-state index is 12.6. The van der Waals surface area contributed by atoms with Crippen LogP contribution in [0.1, 0.15) is 19.3 Å². The van der Waals surface area contributed by atoms with Crippen molar-refractivity contribution in [1.82, 2.24) is 15.7 Å². The van der Waals surface area contributed by atoms with Gasteiger partial charge in [-0.15, -0.1) is 0 Å². The number of hydrogen-bond donors (Lipinski definition) is 13. The first kappa shape index (κ1) is 35.2. The SMILES string of the molecule is NCCN(O)C(=O)N[C@@H]1C[C@H](N)C([C@H]2O[C@H](CNCCCO)[C@@H](O)[C@H](O)[C@H]2O)[C@H](O)[C@H]1O[C@H]1O[C@H](CO)[C@@H](O)C[C@H]1O. The summed E-state index contributed by atoms with van der Waals surface area (Å²) in [6.45, 7) is -0.494. The Kier molecular flexibility index (Phi) is 13.5. The zero-order valence-electron chi connectivity index (χ0n) is 23.2. The van der Waals surface area contributed by atoms with E-state index in [1.165, 1.54) is 0 Å². The second-order valence-corrected chi connectivity index (χ2v) is 11.0. The molecule has 0 aromatic heterocycles. The summed E-state index contributed by atoms with van der Waals surface area (Å²) in [5, 5.41) is 98.5. The van der Waals surface area contributed by atoms with Gasteiger partial charge in [-0.2, -0.15) is 0 Å². The molecule has 1 aliphatic carbocycles. The fourth-order valence-electron chi connectivity index (χ4n) is 5.73. The fourth-order valence-corrected chi connectivity index (χ4v) is 5.73. The molecule has 1 unspecified atom stereocenters. The summed E-state index contributed by atoms with van der Waals surface area (Å²) in [4.78, 5) is 12.6. The number of rotatable bonds is 12. The van der Waals surface area contributed by atoms with Crippen molar-refractivity contribution in [2.75, 3.05) is 39.4 Å². The Hall–Kier alpha value is -1.33. The van der Waals surface area contributed by atoms with Gasteiger partial charge in [-0.05, 0) is 19.4 Å². The molecule has 18 heteroatoms. The van der Waals surface area contributed by atoms with Crippen LogP contribution in [0.4, 0.5) is 4.79 Å². The van der Waals surface area contributed by atoms with E-state index in [0.29, 0.717) is 18.0 Å². The van der Waals surface area contributed by atoms with Gasteiger partial charge in [0, 0.05) is 38.1 Å². The average molecular weight is 614 g/mol. The van der Waals surface area contributed by atoms with Crippen molar-refractivity contribution < 1.29 is 65.1 Å². The molecular formula is C24H47N5O13. The van der Waals surface area contributed by atoms with Gasteiger partial charge in [0.05, 0.1) is 43.6 Å². The highest BCUT2D eigenvalue weighted by Gasteiger charge is 2.55. The van der Waals surface area contributed by atoms with Crippen LogP contribution >= 0.6 is 0 Å². The number of hydroxylamine groups is 2. The molecule has 3 fully saturated rings. The average Bonchev–Trinajstić information content (AvgIpc) is 2.94.